The van der Waals surface area contributed by atoms with Crippen LogP contribution >= 0.6 is 0 Å². The van der Waals surface area contributed by atoms with Crippen molar-refractivity contribution in [3.8, 4) is 6.07 Å². The second kappa shape index (κ2) is 2.23. The molecule has 5 aliphatic rings. The van der Waals surface area contributed by atoms with E-state index in [0.717, 1.165) is 36.1 Å². The van der Waals surface area contributed by atoms with Gasteiger partial charge in [-0.1, -0.05) is 12.2 Å². The van der Waals surface area contributed by atoms with Gasteiger partial charge in [-0.2, -0.15) is 5.26 Å². The summed E-state index contributed by atoms with van der Waals surface area (Å²) >= 11 is 0. The van der Waals surface area contributed by atoms with Crippen LogP contribution in [0.3, 0.4) is 0 Å². The zero-order chi connectivity index (χ0) is 9.28. The Kier molecular flexibility index (Phi) is 1.19. The Hall–Kier alpha value is -0.810. The zero-order valence-corrected chi connectivity index (χ0v) is 8.06. The van der Waals surface area contributed by atoms with Gasteiger partial charge < -0.3 is 5.32 Å². The van der Waals surface area contributed by atoms with E-state index in [1.807, 2.05) is 0 Å². The molecule has 0 aromatic carbocycles. The van der Waals surface area contributed by atoms with Gasteiger partial charge in [0.2, 0.25) is 0 Å². The minimum Gasteiger partial charge on any atom is -0.301 e. The lowest BCUT2D eigenvalue weighted by molar-refractivity contribution is 0.145. The first kappa shape index (κ1) is 7.48. The second-order valence-electron chi connectivity index (χ2n) is 5.36. The summed E-state index contributed by atoms with van der Waals surface area (Å²) in [7, 11) is 0. The summed E-state index contributed by atoms with van der Waals surface area (Å²) in [5.74, 6) is 4.89. The van der Waals surface area contributed by atoms with Gasteiger partial charge in [0, 0.05) is 6.54 Å². The molecule has 2 heteroatoms. The fraction of sp³-hybridized carbons (Fsp3) is 0.750. The van der Waals surface area contributed by atoms with Crippen LogP contribution in [-0.4, -0.2) is 12.6 Å². The van der Waals surface area contributed by atoms with Crippen LogP contribution in [0.25, 0.3) is 0 Å². The summed E-state index contributed by atoms with van der Waals surface area (Å²) < 4.78 is 0. The van der Waals surface area contributed by atoms with Crippen LogP contribution in [-0.2, 0) is 0 Å². The Morgan fingerprint density at radius 3 is 2.79 bits per heavy atom. The van der Waals surface area contributed by atoms with Crippen LogP contribution in [0.4, 0.5) is 0 Å². The Morgan fingerprint density at radius 2 is 1.93 bits per heavy atom. The molecule has 0 radical (unpaired) electrons. The van der Waals surface area contributed by atoms with E-state index < -0.39 is 0 Å². The molecule has 4 aliphatic carbocycles. The maximum absolute atomic E-state index is 9.10. The molecule has 0 spiro atoms. The topological polar surface area (TPSA) is 35.8 Å². The minimum absolute atomic E-state index is 0.138. The molecule has 2 bridgehead atoms. The molecule has 7 unspecified atom stereocenters. The van der Waals surface area contributed by atoms with Crippen molar-refractivity contribution >= 4 is 0 Å². The molecule has 0 aromatic heterocycles. The number of nitrogens with zero attached hydrogens (tertiary/aromatic N) is 1. The van der Waals surface area contributed by atoms with Crippen LogP contribution in [0.1, 0.15) is 6.42 Å². The lowest BCUT2D eigenvalue weighted by Gasteiger charge is -2.41. The van der Waals surface area contributed by atoms with Crippen LogP contribution in [0.5, 0.6) is 0 Å². The molecule has 2 saturated carbocycles. The number of hydrogen-bond donors (Lipinski definition) is 1. The Morgan fingerprint density at radius 1 is 1.14 bits per heavy atom. The summed E-state index contributed by atoms with van der Waals surface area (Å²) in [6.07, 6.45) is 6.30. The average Bonchev–Trinajstić information content (AvgIpc) is 2.93. The van der Waals surface area contributed by atoms with E-state index >= 15 is 0 Å². The molecule has 1 saturated heterocycles. The van der Waals surface area contributed by atoms with Gasteiger partial charge in [-0.3, -0.25) is 0 Å². The Balaban J connectivity index is 1.78. The van der Waals surface area contributed by atoms with Crippen molar-refractivity contribution < 1.29 is 0 Å². The second-order valence-corrected chi connectivity index (χ2v) is 5.36. The summed E-state index contributed by atoms with van der Waals surface area (Å²) in [5, 5.41) is 12.5. The largest absolute Gasteiger partial charge is 0.301 e. The van der Waals surface area contributed by atoms with E-state index in [9.17, 15) is 0 Å². The third-order valence-electron chi connectivity index (χ3n) is 4.97. The monoisotopic (exact) mass is 186 g/mol. The molecule has 3 fully saturated rings. The third-order valence-corrected chi connectivity index (χ3v) is 4.97. The highest BCUT2D eigenvalue weighted by Gasteiger charge is 2.62. The highest BCUT2D eigenvalue weighted by atomic mass is 15.0. The quantitative estimate of drug-likeness (QED) is 0.576. The van der Waals surface area contributed by atoms with E-state index in [1.165, 1.54) is 6.42 Å². The molecule has 2 nitrogen and oxygen atoms in total. The van der Waals surface area contributed by atoms with Crippen molar-refractivity contribution in [3.05, 3.63) is 12.2 Å². The summed E-state index contributed by atoms with van der Waals surface area (Å²) in [6, 6.07) is 2.58. The molecular weight excluding hydrogens is 172 g/mol. The number of rotatable bonds is 0. The van der Waals surface area contributed by atoms with E-state index in [-0.39, 0.29) is 6.04 Å². The van der Waals surface area contributed by atoms with Crippen molar-refractivity contribution in [2.24, 2.45) is 35.5 Å². The summed E-state index contributed by atoms with van der Waals surface area (Å²) in [5.41, 5.74) is 0. The van der Waals surface area contributed by atoms with E-state index in [2.05, 4.69) is 23.5 Å². The Labute approximate surface area is 84.0 Å². The highest BCUT2D eigenvalue weighted by molar-refractivity contribution is 5.26. The third kappa shape index (κ3) is 0.685. The molecule has 1 heterocycles. The van der Waals surface area contributed by atoms with Crippen molar-refractivity contribution in [3.63, 3.8) is 0 Å². The zero-order valence-electron chi connectivity index (χ0n) is 8.06. The van der Waals surface area contributed by atoms with Gasteiger partial charge in [-0.25, -0.2) is 0 Å². The summed E-state index contributed by atoms with van der Waals surface area (Å²) in [6.45, 7) is 1.08. The number of allylic oxidation sites excluding steroid dienone is 2. The van der Waals surface area contributed by atoms with Gasteiger partial charge in [0.25, 0.3) is 0 Å². The number of nitriles is 1. The first-order valence-corrected chi connectivity index (χ1v) is 5.71. The standard InChI is InChI=1S/C12H14N2/c13-4-11-12-7-2-1-6(8-3-9(7)8)10(12)5-14-11/h1-2,6-12,14H,3,5H2. The molecule has 1 aliphatic heterocycles. The molecule has 0 amide bonds. The van der Waals surface area contributed by atoms with E-state index in [1.54, 1.807) is 0 Å². The molecule has 14 heavy (non-hydrogen) atoms. The molecular formula is C12H14N2. The SMILES string of the molecule is N#CC1NCC2C3C=CC(C4CC34)C12. The maximum Gasteiger partial charge on any atom is 0.0990 e. The Bertz CT molecular complexity index is 354. The number of nitrogens with one attached hydrogen (secondary N) is 1. The minimum atomic E-state index is 0.138. The predicted octanol–water partition coefficient (Wildman–Crippen LogP) is 1.17. The van der Waals surface area contributed by atoms with Crippen LogP contribution in [0, 0.1) is 46.8 Å². The number of hydrogen-bond acceptors (Lipinski definition) is 2. The first-order chi connectivity index (χ1) is 6.90. The predicted molar refractivity (Wildman–Crippen MR) is 52.1 cm³/mol. The van der Waals surface area contributed by atoms with Gasteiger partial charge in [-0.15, -0.1) is 0 Å². The summed E-state index contributed by atoms with van der Waals surface area (Å²) in [4.78, 5) is 0. The van der Waals surface area contributed by atoms with Crippen LogP contribution < -0.4 is 5.32 Å². The molecule has 1 N–H and O–H groups in total. The van der Waals surface area contributed by atoms with Crippen molar-refractivity contribution in [1.29, 1.82) is 5.26 Å². The van der Waals surface area contributed by atoms with Gasteiger partial charge in [-0.05, 0) is 41.9 Å². The molecule has 5 rings (SSSR count). The van der Waals surface area contributed by atoms with Gasteiger partial charge in [0.15, 0.2) is 0 Å². The van der Waals surface area contributed by atoms with Crippen molar-refractivity contribution in [1.82, 2.24) is 5.32 Å². The van der Waals surface area contributed by atoms with E-state index in [0.29, 0.717) is 5.92 Å². The molecule has 0 aromatic rings. The van der Waals surface area contributed by atoms with Crippen molar-refractivity contribution in [2.75, 3.05) is 6.54 Å². The highest BCUT2D eigenvalue weighted by Crippen LogP contribution is 2.64. The maximum atomic E-state index is 9.10. The van der Waals surface area contributed by atoms with Gasteiger partial charge >= 0.3 is 0 Å². The fourth-order valence-corrected chi connectivity index (χ4v) is 4.35. The van der Waals surface area contributed by atoms with Crippen molar-refractivity contribution in [2.45, 2.75) is 12.5 Å². The normalized spacial score (nSPS) is 61.8. The lowest BCUT2D eigenvalue weighted by Crippen LogP contribution is -2.40. The van der Waals surface area contributed by atoms with Gasteiger partial charge in [0.1, 0.15) is 0 Å². The first-order valence-electron chi connectivity index (χ1n) is 5.71. The van der Waals surface area contributed by atoms with Crippen LogP contribution in [0.15, 0.2) is 12.2 Å². The van der Waals surface area contributed by atoms with E-state index in [4.69, 9.17) is 5.26 Å². The van der Waals surface area contributed by atoms with Gasteiger partial charge in [0.05, 0.1) is 12.1 Å². The molecule has 72 valence electrons. The lowest BCUT2D eigenvalue weighted by atomic mass is 9.62. The smallest absolute Gasteiger partial charge is 0.0990 e. The van der Waals surface area contributed by atoms with Crippen LogP contribution in [0.2, 0.25) is 0 Å². The average molecular weight is 186 g/mol. The molecule has 7 atom stereocenters. The fourth-order valence-electron chi connectivity index (χ4n) is 4.35.